The van der Waals surface area contributed by atoms with E-state index in [1.165, 1.54) is 6.42 Å². The van der Waals surface area contributed by atoms with Crippen LogP contribution >= 0.6 is 15.9 Å². The van der Waals surface area contributed by atoms with Crippen LogP contribution in [0.15, 0.2) is 34.8 Å². The summed E-state index contributed by atoms with van der Waals surface area (Å²) in [6, 6.07) is 5.76. The molecule has 1 unspecified atom stereocenters. The molecule has 1 aliphatic carbocycles. The molecule has 92 valence electrons. The highest BCUT2D eigenvalue weighted by Crippen LogP contribution is 2.30. The van der Waals surface area contributed by atoms with Gasteiger partial charge in [0.1, 0.15) is 11.9 Å². The van der Waals surface area contributed by atoms with E-state index in [9.17, 15) is 5.11 Å². The summed E-state index contributed by atoms with van der Waals surface area (Å²) in [6.45, 7) is 1.76. The monoisotopic (exact) mass is 296 g/mol. The lowest BCUT2D eigenvalue weighted by Gasteiger charge is -2.21. The first-order chi connectivity index (χ1) is 8.16. The third kappa shape index (κ3) is 3.33. The van der Waals surface area contributed by atoms with Crippen molar-refractivity contribution in [2.75, 3.05) is 0 Å². The summed E-state index contributed by atoms with van der Waals surface area (Å²) in [4.78, 5) is 0. The van der Waals surface area contributed by atoms with E-state index < -0.39 is 6.10 Å². The molecule has 2 rings (SSSR count). The smallest absolute Gasteiger partial charge is 0.126 e. The van der Waals surface area contributed by atoms with Crippen LogP contribution in [0, 0.1) is 0 Å². The van der Waals surface area contributed by atoms with E-state index in [-0.39, 0.29) is 6.10 Å². The van der Waals surface area contributed by atoms with Gasteiger partial charge in [0.15, 0.2) is 0 Å². The van der Waals surface area contributed by atoms with E-state index >= 15 is 0 Å². The highest BCUT2D eigenvalue weighted by Gasteiger charge is 2.15. The molecular weight excluding hydrogens is 280 g/mol. The van der Waals surface area contributed by atoms with E-state index in [1.807, 2.05) is 18.2 Å². The Morgan fingerprint density at radius 2 is 2.29 bits per heavy atom. The van der Waals surface area contributed by atoms with Crippen LogP contribution in [0.25, 0.3) is 0 Å². The lowest BCUT2D eigenvalue weighted by molar-refractivity contribution is 0.180. The van der Waals surface area contributed by atoms with Crippen molar-refractivity contribution in [3.8, 4) is 5.75 Å². The summed E-state index contributed by atoms with van der Waals surface area (Å²) in [7, 11) is 0. The van der Waals surface area contributed by atoms with Gasteiger partial charge in [0.25, 0.3) is 0 Å². The van der Waals surface area contributed by atoms with Gasteiger partial charge in [-0.2, -0.15) is 0 Å². The number of benzene rings is 1. The Balaban J connectivity index is 2.19. The fourth-order valence-electron chi connectivity index (χ4n) is 2.00. The molecule has 1 aromatic carbocycles. The van der Waals surface area contributed by atoms with Gasteiger partial charge in [0.2, 0.25) is 0 Å². The first kappa shape index (κ1) is 12.7. The lowest BCUT2D eigenvalue weighted by atomic mass is 10.0. The maximum Gasteiger partial charge on any atom is 0.126 e. The van der Waals surface area contributed by atoms with Crippen LogP contribution in [0.1, 0.15) is 37.9 Å². The van der Waals surface area contributed by atoms with Gasteiger partial charge < -0.3 is 9.84 Å². The molecule has 2 nitrogen and oxygen atoms in total. The second-order valence-corrected chi connectivity index (χ2v) is 5.29. The molecule has 0 saturated heterocycles. The summed E-state index contributed by atoms with van der Waals surface area (Å²) < 4.78 is 6.89. The van der Waals surface area contributed by atoms with E-state index in [2.05, 4.69) is 28.1 Å². The normalized spacial score (nSPS) is 21.2. The summed E-state index contributed by atoms with van der Waals surface area (Å²) in [5, 5.41) is 9.74. The van der Waals surface area contributed by atoms with Crippen molar-refractivity contribution in [1.29, 1.82) is 0 Å². The molecular formula is C14H17BrO2. The quantitative estimate of drug-likeness (QED) is 0.855. The van der Waals surface area contributed by atoms with Crippen molar-refractivity contribution in [3.63, 3.8) is 0 Å². The molecule has 1 N–H and O–H groups in total. The minimum absolute atomic E-state index is 0.141. The third-order valence-electron chi connectivity index (χ3n) is 2.91. The number of ether oxygens (including phenoxy) is 1. The standard InChI is InChI=1S/C14H17BrO2/c1-10(16)13-9-11(15)7-8-14(13)17-12-5-3-2-4-6-12/h3,5,7-10,12,16H,2,4,6H2,1H3/t10-,12?/m1/s1. The zero-order valence-corrected chi connectivity index (χ0v) is 11.5. The minimum Gasteiger partial charge on any atom is -0.486 e. The van der Waals surface area contributed by atoms with Crippen LogP contribution in [0.2, 0.25) is 0 Å². The van der Waals surface area contributed by atoms with Crippen LogP contribution in [-0.4, -0.2) is 11.2 Å². The Kier molecular flexibility index (Phi) is 4.24. The Morgan fingerprint density at radius 3 is 2.94 bits per heavy atom. The van der Waals surface area contributed by atoms with Crippen molar-refractivity contribution in [2.24, 2.45) is 0 Å². The molecule has 17 heavy (non-hydrogen) atoms. The predicted octanol–water partition coefficient (Wildman–Crippen LogP) is 3.99. The molecule has 0 amide bonds. The number of rotatable bonds is 3. The van der Waals surface area contributed by atoms with Crippen molar-refractivity contribution in [2.45, 2.75) is 38.4 Å². The minimum atomic E-state index is -0.518. The molecule has 0 radical (unpaired) electrons. The summed E-state index contributed by atoms with van der Waals surface area (Å²) in [5.74, 6) is 0.778. The number of halogens is 1. The van der Waals surface area contributed by atoms with Crippen molar-refractivity contribution in [3.05, 3.63) is 40.4 Å². The predicted molar refractivity (Wildman–Crippen MR) is 72.2 cm³/mol. The average Bonchev–Trinajstić information content (AvgIpc) is 2.32. The zero-order chi connectivity index (χ0) is 12.3. The Bertz CT molecular complexity index is 413. The molecule has 3 heteroatoms. The molecule has 0 aromatic heterocycles. The van der Waals surface area contributed by atoms with Gasteiger partial charge in [0.05, 0.1) is 6.10 Å². The average molecular weight is 297 g/mol. The van der Waals surface area contributed by atoms with Crippen LogP contribution in [-0.2, 0) is 0 Å². The van der Waals surface area contributed by atoms with Gasteiger partial charge in [0, 0.05) is 10.0 Å². The zero-order valence-electron chi connectivity index (χ0n) is 9.90. The Morgan fingerprint density at radius 1 is 1.47 bits per heavy atom. The first-order valence-corrected chi connectivity index (χ1v) is 6.77. The van der Waals surface area contributed by atoms with Gasteiger partial charge in [-0.1, -0.05) is 22.0 Å². The molecule has 1 aromatic rings. The molecule has 0 spiro atoms. The molecule has 1 aliphatic rings. The third-order valence-corrected chi connectivity index (χ3v) is 3.40. The van der Waals surface area contributed by atoms with Crippen LogP contribution in [0.5, 0.6) is 5.75 Å². The summed E-state index contributed by atoms with van der Waals surface area (Å²) in [6.07, 6.45) is 7.25. The van der Waals surface area contributed by atoms with Gasteiger partial charge in [-0.15, -0.1) is 0 Å². The molecule has 0 saturated carbocycles. The second-order valence-electron chi connectivity index (χ2n) is 4.37. The largest absolute Gasteiger partial charge is 0.486 e. The second kappa shape index (κ2) is 5.69. The Labute approximate surface area is 110 Å². The summed E-state index contributed by atoms with van der Waals surface area (Å²) in [5.41, 5.74) is 0.832. The number of aliphatic hydroxyl groups excluding tert-OH is 1. The molecule has 0 fully saturated rings. The van der Waals surface area contributed by atoms with Crippen molar-refractivity contribution < 1.29 is 9.84 Å². The molecule has 2 atom stereocenters. The van der Waals surface area contributed by atoms with Gasteiger partial charge >= 0.3 is 0 Å². The van der Waals surface area contributed by atoms with Gasteiger partial charge in [-0.3, -0.25) is 0 Å². The van der Waals surface area contributed by atoms with Gasteiger partial charge in [-0.25, -0.2) is 0 Å². The number of hydrogen-bond donors (Lipinski definition) is 1. The van der Waals surface area contributed by atoms with Gasteiger partial charge in [-0.05, 0) is 50.5 Å². The molecule has 0 bridgehead atoms. The van der Waals surface area contributed by atoms with E-state index in [0.29, 0.717) is 0 Å². The van der Waals surface area contributed by atoms with Crippen LogP contribution in [0.4, 0.5) is 0 Å². The lowest BCUT2D eigenvalue weighted by Crippen LogP contribution is -2.16. The molecule has 0 aliphatic heterocycles. The Hall–Kier alpha value is -0.800. The maximum absolute atomic E-state index is 9.74. The fraction of sp³-hybridized carbons (Fsp3) is 0.429. The maximum atomic E-state index is 9.74. The highest BCUT2D eigenvalue weighted by atomic mass is 79.9. The summed E-state index contributed by atoms with van der Waals surface area (Å²) >= 11 is 3.41. The number of aliphatic hydroxyl groups is 1. The number of allylic oxidation sites excluding steroid dienone is 1. The van der Waals surface area contributed by atoms with E-state index in [1.54, 1.807) is 6.92 Å². The van der Waals surface area contributed by atoms with Crippen LogP contribution in [0.3, 0.4) is 0 Å². The van der Waals surface area contributed by atoms with Crippen molar-refractivity contribution >= 4 is 15.9 Å². The highest BCUT2D eigenvalue weighted by molar-refractivity contribution is 9.10. The molecule has 0 heterocycles. The van der Waals surface area contributed by atoms with E-state index in [4.69, 9.17) is 4.74 Å². The van der Waals surface area contributed by atoms with E-state index in [0.717, 1.165) is 28.6 Å². The van der Waals surface area contributed by atoms with Crippen LogP contribution < -0.4 is 4.74 Å². The fourth-order valence-corrected chi connectivity index (χ4v) is 2.37. The van der Waals surface area contributed by atoms with Crippen molar-refractivity contribution in [1.82, 2.24) is 0 Å². The SMILES string of the molecule is C[C@@H](O)c1cc(Br)ccc1OC1C=CCCC1. The topological polar surface area (TPSA) is 29.5 Å². The number of hydrogen-bond acceptors (Lipinski definition) is 2. The first-order valence-electron chi connectivity index (χ1n) is 5.97.